The monoisotopic (exact) mass is 208 g/mol. The maximum absolute atomic E-state index is 5.41. The molecule has 1 aliphatic heterocycles. The van der Waals surface area contributed by atoms with E-state index in [0.717, 1.165) is 6.42 Å². The molecule has 0 N–H and O–H groups in total. The van der Waals surface area contributed by atoms with Gasteiger partial charge in [-0.05, 0) is 0 Å². The van der Waals surface area contributed by atoms with E-state index >= 15 is 0 Å². The topological polar surface area (TPSA) is 27.7 Å². The zero-order valence-electron chi connectivity index (χ0n) is 6.53. The predicted molar refractivity (Wildman–Crippen MR) is 38.5 cm³/mol. The molecule has 0 aromatic heterocycles. The Bertz CT molecular complexity index is 99.2. The first-order valence-corrected chi connectivity index (χ1v) is 5.70. The van der Waals surface area contributed by atoms with E-state index in [9.17, 15) is 0 Å². The van der Waals surface area contributed by atoms with Crippen LogP contribution in [0.5, 0.6) is 0 Å². The van der Waals surface area contributed by atoms with Crippen molar-refractivity contribution in [2.75, 3.05) is 7.11 Å². The van der Waals surface area contributed by atoms with Gasteiger partial charge in [0.25, 0.3) is 0 Å². The summed E-state index contributed by atoms with van der Waals surface area (Å²) in [6, 6.07) is 0. The van der Waals surface area contributed by atoms with Crippen LogP contribution >= 0.6 is 0 Å². The van der Waals surface area contributed by atoms with Crippen LogP contribution in [0.15, 0.2) is 0 Å². The van der Waals surface area contributed by atoms with Crippen molar-refractivity contribution in [1.29, 1.82) is 0 Å². The molecule has 0 unspecified atom stereocenters. The number of rotatable bonds is 1. The first-order valence-electron chi connectivity index (χ1n) is 3.40. The molecule has 0 saturated carbocycles. The first kappa shape index (κ1) is 8.53. The molecular formula is C6H13AsO3. The Kier molecular flexibility index (Phi) is 3.18. The van der Waals surface area contributed by atoms with E-state index in [1.54, 1.807) is 7.11 Å². The van der Waals surface area contributed by atoms with Crippen LogP contribution in [0.4, 0.5) is 0 Å². The second-order valence-electron chi connectivity index (χ2n) is 2.47. The van der Waals surface area contributed by atoms with E-state index < -0.39 is 15.7 Å². The van der Waals surface area contributed by atoms with Crippen LogP contribution in [0, 0.1) is 0 Å². The van der Waals surface area contributed by atoms with Gasteiger partial charge in [0.05, 0.1) is 0 Å². The summed E-state index contributed by atoms with van der Waals surface area (Å²) in [6.07, 6.45) is 1.60. The zero-order valence-corrected chi connectivity index (χ0v) is 8.41. The van der Waals surface area contributed by atoms with Crippen LogP contribution in [0.2, 0.25) is 0 Å². The van der Waals surface area contributed by atoms with E-state index in [2.05, 4.69) is 13.8 Å². The molecule has 1 fully saturated rings. The second-order valence-corrected chi connectivity index (χ2v) is 5.06. The van der Waals surface area contributed by atoms with E-state index in [4.69, 9.17) is 11.2 Å². The summed E-state index contributed by atoms with van der Waals surface area (Å²) in [5, 5.41) is 0. The summed E-state index contributed by atoms with van der Waals surface area (Å²) < 4.78 is 15.8. The van der Waals surface area contributed by atoms with Crippen molar-refractivity contribution in [2.45, 2.75) is 32.5 Å². The van der Waals surface area contributed by atoms with Crippen molar-refractivity contribution in [2.24, 2.45) is 0 Å². The van der Waals surface area contributed by atoms with E-state index in [0.29, 0.717) is 12.2 Å². The molecule has 1 rings (SSSR count). The van der Waals surface area contributed by atoms with Crippen LogP contribution in [0.25, 0.3) is 0 Å². The Balaban J connectivity index is 2.35. The summed E-state index contributed by atoms with van der Waals surface area (Å²) in [6.45, 7) is 4.11. The Hall–Kier alpha value is 0.438. The van der Waals surface area contributed by atoms with Crippen molar-refractivity contribution in [3.8, 4) is 0 Å². The average Bonchev–Trinajstić information content (AvgIpc) is 1.85. The van der Waals surface area contributed by atoms with Gasteiger partial charge in [-0.2, -0.15) is 0 Å². The number of hydrogen-bond donors (Lipinski definition) is 0. The van der Waals surface area contributed by atoms with Crippen molar-refractivity contribution >= 4 is 15.7 Å². The third-order valence-electron chi connectivity index (χ3n) is 1.34. The Morgan fingerprint density at radius 1 is 1.30 bits per heavy atom. The Morgan fingerprint density at radius 2 is 1.80 bits per heavy atom. The normalized spacial score (nSPS) is 41.7. The average molecular weight is 208 g/mol. The van der Waals surface area contributed by atoms with Crippen LogP contribution in [0.3, 0.4) is 0 Å². The van der Waals surface area contributed by atoms with Gasteiger partial charge >= 0.3 is 66.4 Å². The van der Waals surface area contributed by atoms with Gasteiger partial charge in [0, 0.05) is 0 Å². The predicted octanol–water partition coefficient (Wildman–Crippen LogP) is 0.832. The van der Waals surface area contributed by atoms with Gasteiger partial charge < -0.3 is 0 Å². The van der Waals surface area contributed by atoms with E-state index in [1.165, 1.54) is 0 Å². The van der Waals surface area contributed by atoms with Gasteiger partial charge in [0.15, 0.2) is 0 Å². The minimum atomic E-state index is -1.78. The molecule has 0 bridgehead atoms. The first-order chi connectivity index (χ1) is 4.72. The zero-order chi connectivity index (χ0) is 7.56. The minimum absolute atomic E-state index is 0.309. The van der Waals surface area contributed by atoms with Crippen LogP contribution in [-0.2, 0) is 11.2 Å². The molecule has 60 valence electrons. The van der Waals surface area contributed by atoms with E-state index in [1.807, 2.05) is 0 Å². The maximum atomic E-state index is 5.41. The van der Waals surface area contributed by atoms with Gasteiger partial charge in [-0.1, -0.05) is 0 Å². The molecule has 0 aromatic rings. The van der Waals surface area contributed by atoms with Gasteiger partial charge in [-0.25, -0.2) is 0 Å². The van der Waals surface area contributed by atoms with Crippen LogP contribution < -0.4 is 0 Å². The molecule has 2 atom stereocenters. The molecule has 0 spiro atoms. The molecule has 1 aliphatic rings. The summed E-state index contributed by atoms with van der Waals surface area (Å²) in [5.41, 5.74) is 0. The summed E-state index contributed by atoms with van der Waals surface area (Å²) in [7, 11) is 1.64. The van der Waals surface area contributed by atoms with Crippen molar-refractivity contribution in [3.05, 3.63) is 0 Å². The standard InChI is InChI=1S/C6H13AsO3/c1-5-4-6(2)10-7(8-3)9-5/h5-6H,4H2,1-3H3/t5-,6-/m1/s1. The van der Waals surface area contributed by atoms with Gasteiger partial charge in [-0.15, -0.1) is 0 Å². The Labute approximate surface area is 67.0 Å². The third kappa shape index (κ3) is 2.24. The molecule has 3 nitrogen and oxygen atoms in total. The molecule has 0 radical (unpaired) electrons. The van der Waals surface area contributed by atoms with Crippen molar-refractivity contribution in [3.63, 3.8) is 0 Å². The second kappa shape index (κ2) is 3.72. The Morgan fingerprint density at radius 3 is 2.20 bits per heavy atom. The summed E-state index contributed by atoms with van der Waals surface area (Å²) >= 11 is -1.78. The van der Waals surface area contributed by atoms with E-state index in [-0.39, 0.29) is 0 Å². The summed E-state index contributed by atoms with van der Waals surface area (Å²) in [5.74, 6) is 0. The molecule has 10 heavy (non-hydrogen) atoms. The van der Waals surface area contributed by atoms with Crippen LogP contribution in [-0.4, -0.2) is 35.0 Å². The molecule has 0 amide bonds. The fraction of sp³-hybridized carbons (Fsp3) is 1.00. The third-order valence-corrected chi connectivity index (χ3v) is 4.20. The van der Waals surface area contributed by atoms with Gasteiger partial charge in [-0.3, -0.25) is 0 Å². The molecule has 0 aromatic carbocycles. The quantitative estimate of drug-likeness (QED) is 0.597. The molecule has 4 heteroatoms. The van der Waals surface area contributed by atoms with Crippen molar-refractivity contribution < 1.29 is 11.2 Å². The fourth-order valence-corrected chi connectivity index (χ4v) is 3.02. The van der Waals surface area contributed by atoms with Gasteiger partial charge in [0.1, 0.15) is 0 Å². The molecule has 0 aliphatic carbocycles. The molecule has 1 heterocycles. The van der Waals surface area contributed by atoms with Gasteiger partial charge in [0.2, 0.25) is 0 Å². The molecular weight excluding hydrogens is 195 g/mol. The number of hydrogen-bond acceptors (Lipinski definition) is 3. The van der Waals surface area contributed by atoms with Crippen LogP contribution in [0.1, 0.15) is 20.3 Å². The fourth-order valence-electron chi connectivity index (χ4n) is 0.958. The summed E-state index contributed by atoms with van der Waals surface area (Å²) in [4.78, 5) is 0. The molecule has 1 saturated heterocycles. The van der Waals surface area contributed by atoms with Crippen molar-refractivity contribution in [1.82, 2.24) is 0 Å². The SMILES string of the molecule is CO[As]1O[C@H](C)C[C@@H](C)O1.